The van der Waals surface area contributed by atoms with E-state index >= 15 is 0 Å². The molecule has 4 nitrogen and oxygen atoms in total. The van der Waals surface area contributed by atoms with E-state index in [1.54, 1.807) is 0 Å². The highest BCUT2D eigenvalue weighted by Gasteiger charge is 2.38. The molecule has 2 saturated carbocycles. The van der Waals surface area contributed by atoms with Crippen molar-refractivity contribution in [3.63, 3.8) is 0 Å². The van der Waals surface area contributed by atoms with Crippen molar-refractivity contribution in [2.45, 2.75) is 45.1 Å². The Morgan fingerprint density at radius 2 is 2.00 bits per heavy atom. The maximum absolute atomic E-state index is 10.4. The van der Waals surface area contributed by atoms with E-state index < -0.39 is 0 Å². The Morgan fingerprint density at radius 3 is 2.71 bits per heavy atom. The van der Waals surface area contributed by atoms with Crippen molar-refractivity contribution in [3.8, 4) is 0 Å². The van der Waals surface area contributed by atoms with Crippen LogP contribution in [0.5, 0.6) is 0 Å². The van der Waals surface area contributed by atoms with Crippen molar-refractivity contribution in [1.29, 1.82) is 0 Å². The predicted octanol–water partition coefficient (Wildman–Crippen LogP) is 3.97. The SMILES string of the molecule is Cc1ccc(Cl)cc1N1CCN(C[C@@H](O)COCC[C@H]2C[C@H]3CC[C@H]2C3)CC1. The molecule has 5 heteroatoms. The molecule has 0 aromatic heterocycles. The van der Waals surface area contributed by atoms with Gasteiger partial charge in [0.05, 0.1) is 12.7 Å². The summed E-state index contributed by atoms with van der Waals surface area (Å²) < 4.78 is 5.82. The second kappa shape index (κ2) is 9.34. The molecule has 28 heavy (non-hydrogen) atoms. The standard InChI is InChI=1S/C23H35ClN2O2/c1-17-2-5-21(24)14-23(17)26-9-7-25(8-10-26)15-22(27)16-28-11-6-20-13-18-3-4-19(20)12-18/h2,5,14,18-20,22,27H,3-4,6-13,15-16H2,1H3/t18-,19-,20-,22+/m0/s1. The van der Waals surface area contributed by atoms with Gasteiger partial charge >= 0.3 is 0 Å². The number of hydrogen-bond acceptors (Lipinski definition) is 4. The van der Waals surface area contributed by atoms with Crippen molar-refractivity contribution in [2.75, 3.05) is 50.8 Å². The largest absolute Gasteiger partial charge is 0.389 e. The summed E-state index contributed by atoms with van der Waals surface area (Å²) in [5.74, 6) is 2.87. The van der Waals surface area contributed by atoms with E-state index in [0.29, 0.717) is 13.2 Å². The number of aliphatic hydroxyl groups excluding tert-OH is 1. The van der Waals surface area contributed by atoms with Crippen LogP contribution < -0.4 is 4.90 Å². The quantitative estimate of drug-likeness (QED) is 0.662. The van der Waals surface area contributed by atoms with Crippen molar-refractivity contribution >= 4 is 17.3 Å². The minimum Gasteiger partial charge on any atom is -0.389 e. The topological polar surface area (TPSA) is 35.9 Å². The highest BCUT2D eigenvalue weighted by Crippen LogP contribution is 2.49. The molecule has 0 amide bonds. The van der Waals surface area contributed by atoms with Crippen LogP contribution >= 0.6 is 11.6 Å². The predicted molar refractivity (Wildman–Crippen MR) is 115 cm³/mol. The lowest BCUT2D eigenvalue weighted by Gasteiger charge is -2.37. The second-order valence-electron chi connectivity index (χ2n) is 9.17. The van der Waals surface area contributed by atoms with Gasteiger partial charge in [-0.1, -0.05) is 24.1 Å². The fourth-order valence-electron chi connectivity index (χ4n) is 5.63. The molecule has 4 atom stereocenters. The molecule has 1 saturated heterocycles. The normalized spacial score (nSPS) is 28.8. The molecule has 2 bridgehead atoms. The molecule has 2 aliphatic carbocycles. The maximum atomic E-state index is 10.4. The zero-order chi connectivity index (χ0) is 19.5. The van der Waals surface area contributed by atoms with Crippen LogP contribution in [0.15, 0.2) is 18.2 Å². The number of ether oxygens (including phenoxy) is 1. The summed E-state index contributed by atoms with van der Waals surface area (Å²) in [6.07, 6.45) is 6.59. The number of benzene rings is 1. The van der Waals surface area contributed by atoms with Crippen LogP contribution in [0.4, 0.5) is 5.69 Å². The summed E-state index contributed by atoms with van der Waals surface area (Å²) >= 11 is 6.17. The van der Waals surface area contributed by atoms with Crippen molar-refractivity contribution < 1.29 is 9.84 Å². The lowest BCUT2D eigenvalue weighted by atomic mass is 9.87. The van der Waals surface area contributed by atoms with E-state index in [-0.39, 0.29) is 6.10 Å². The molecule has 1 aromatic rings. The zero-order valence-corrected chi connectivity index (χ0v) is 17.9. The molecular weight excluding hydrogens is 372 g/mol. The van der Waals surface area contributed by atoms with Gasteiger partial charge in [0.15, 0.2) is 0 Å². The van der Waals surface area contributed by atoms with E-state index in [4.69, 9.17) is 16.3 Å². The number of piperazine rings is 1. The monoisotopic (exact) mass is 406 g/mol. The summed E-state index contributed by atoms with van der Waals surface area (Å²) in [5, 5.41) is 11.2. The number of anilines is 1. The average molecular weight is 407 g/mol. The lowest BCUT2D eigenvalue weighted by Crippen LogP contribution is -2.49. The molecule has 0 radical (unpaired) electrons. The van der Waals surface area contributed by atoms with E-state index in [2.05, 4.69) is 28.9 Å². The van der Waals surface area contributed by atoms with Crippen LogP contribution in [0.1, 0.15) is 37.7 Å². The van der Waals surface area contributed by atoms with Crippen molar-refractivity contribution in [1.82, 2.24) is 4.90 Å². The van der Waals surface area contributed by atoms with Gasteiger partial charge in [-0.2, -0.15) is 0 Å². The van der Waals surface area contributed by atoms with Gasteiger partial charge in [0.2, 0.25) is 0 Å². The molecule has 3 aliphatic rings. The van der Waals surface area contributed by atoms with Crippen LogP contribution in [0, 0.1) is 24.7 Å². The number of aliphatic hydroxyl groups is 1. The van der Waals surface area contributed by atoms with E-state index in [1.807, 2.05) is 6.07 Å². The molecule has 1 N–H and O–H groups in total. The first-order valence-electron chi connectivity index (χ1n) is 11.1. The Bertz CT molecular complexity index is 647. The van der Waals surface area contributed by atoms with Gasteiger partial charge in [-0.05, 0) is 68.1 Å². The number of β-amino-alcohol motifs (C(OH)–C–C–N with tert-alkyl or cyclic N) is 1. The summed E-state index contributed by atoms with van der Waals surface area (Å²) in [7, 11) is 0. The Hall–Kier alpha value is -0.810. The maximum Gasteiger partial charge on any atom is 0.0900 e. The number of rotatable bonds is 8. The fourth-order valence-corrected chi connectivity index (χ4v) is 5.80. The van der Waals surface area contributed by atoms with Crippen LogP contribution in [-0.2, 0) is 4.74 Å². The van der Waals surface area contributed by atoms with Gasteiger partial charge in [0, 0.05) is 50.0 Å². The molecule has 4 rings (SSSR count). The number of hydrogen-bond donors (Lipinski definition) is 1. The Morgan fingerprint density at radius 1 is 1.18 bits per heavy atom. The van der Waals surface area contributed by atoms with Gasteiger partial charge in [-0.15, -0.1) is 0 Å². The summed E-state index contributed by atoms with van der Waals surface area (Å²) in [4.78, 5) is 4.75. The van der Waals surface area contributed by atoms with E-state index in [0.717, 1.165) is 55.6 Å². The Balaban J connectivity index is 1.12. The fraction of sp³-hybridized carbons (Fsp3) is 0.739. The zero-order valence-electron chi connectivity index (χ0n) is 17.2. The smallest absolute Gasteiger partial charge is 0.0900 e. The first-order chi connectivity index (χ1) is 13.6. The highest BCUT2D eigenvalue weighted by molar-refractivity contribution is 6.30. The Labute approximate surface area is 174 Å². The average Bonchev–Trinajstić information content (AvgIpc) is 3.31. The van der Waals surface area contributed by atoms with E-state index in [1.165, 1.54) is 43.4 Å². The molecule has 0 unspecified atom stereocenters. The van der Waals surface area contributed by atoms with Gasteiger partial charge in [-0.3, -0.25) is 4.90 Å². The van der Waals surface area contributed by atoms with Crippen LogP contribution in [-0.4, -0.2) is 62.0 Å². The molecule has 1 aromatic carbocycles. The number of aryl methyl sites for hydroxylation is 1. The third-order valence-corrected chi connectivity index (χ3v) is 7.42. The van der Waals surface area contributed by atoms with Crippen LogP contribution in [0.25, 0.3) is 0 Å². The second-order valence-corrected chi connectivity index (χ2v) is 9.61. The summed E-state index contributed by atoms with van der Waals surface area (Å²) in [6.45, 7) is 7.99. The molecular formula is C23H35ClN2O2. The molecule has 3 fully saturated rings. The Kier molecular flexibility index (Phi) is 6.82. The van der Waals surface area contributed by atoms with Gasteiger partial charge in [0.1, 0.15) is 0 Å². The number of nitrogens with zero attached hydrogens (tertiary/aromatic N) is 2. The molecule has 1 aliphatic heterocycles. The van der Waals surface area contributed by atoms with Gasteiger partial charge < -0.3 is 14.7 Å². The van der Waals surface area contributed by atoms with Crippen LogP contribution in [0.3, 0.4) is 0 Å². The number of fused-ring (bicyclic) bond motifs is 2. The van der Waals surface area contributed by atoms with Crippen LogP contribution in [0.2, 0.25) is 5.02 Å². The first kappa shape index (κ1) is 20.5. The first-order valence-corrected chi connectivity index (χ1v) is 11.5. The number of halogens is 1. The van der Waals surface area contributed by atoms with Gasteiger partial charge in [0.25, 0.3) is 0 Å². The summed E-state index contributed by atoms with van der Waals surface area (Å²) in [5.41, 5.74) is 2.50. The minimum absolute atomic E-state index is 0.389. The van der Waals surface area contributed by atoms with Crippen molar-refractivity contribution in [3.05, 3.63) is 28.8 Å². The van der Waals surface area contributed by atoms with Gasteiger partial charge in [-0.25, -0.2) is 0 Å². The van der Waals surface area contributed by atoms with Crippen molar-refractivity contribution in [2.24, 2.45) is 17.8 Å². The summed E-state index contributed by atoms with van der Waals surface area (Å²) in [6, 6.07) is 6.09. The highest BCUT2D eigenvalue weighted by atomic mass is 35.5. The molecule has 0 spiro atoms. The van der Waals surface area contributed by atoms with E-state index in [9.17, 15) is 5.11 Å². The molecule has 156 valence electrons. The molecule has 1 heterocycles. The third kappa shape index (κ3) is 5.02. The lowest BCUT2D eigenvalue weighted by molar-refractivity contribution is 0.0100. The third-order valence-electron chi connectivity index (χ3n) is 7.18. The minimum atomic E-state index is -0.389.